The van der Waals surface area contributed by atoms with Gasteiger partial charge >= 0.3 is 5.97 Å². The normalized spacial score (nSPS) is 9.21. The third kappa shape index (κ3) is 2.58. The molecule has 0 saturated heterocycles. The first-order chi connectivity index (χ1) is 6.77. The highest BCUT2D eigenvalue weighted by Gasteiger charge is 2.04. The Labute approximate surface area is 82.0 Å². The molecule has 1 aromatic carbocycles. The van der Waals surface area contributed by atoms with Crippen LogP contribution in [-0.4, -0.2) is 19.5 Å². The van der Waals surface area contributed by atoms with Crippen LogP contribution in [0.15, 0.2) is 24.3 Å². The van der Waals surface area contributed by atoms with E-state index in [-0.39, 0.29) is 12.6 Å². The van der Waals surface area contributed by atoms with Crippen molar-refractivity contribution in [1.29, 1.82) is 5.41 Å². The van der Waals surface area contributed by atoms with Crippen molar-refractivity contribution in [3.05, 3.63) is 35.4 Å². The van der Waals surface area contributed by atoms with Gasteiger partial charge in [0.1, 0.15) is 6.61 Å². The molecule has 4 nitrogen and oxygen atoms in total. The van der Waals surface area contributed by atoms with E-state index in [1.165, 1.54) is 7.11 Å². The van der Waals surface area contributed by atoms with Gasteiger partial charge in [-0.15, -0.1) is 0 Å². The standard InChI is InChI=1S/C10H11NO3/c1-13-10(12)9-4-2-3-8(5-9)6-14-7-11/h2-5,7,11H,6H2,1H3. The molecule has 0 heterocycles. The lowest BCUT2D eigenvalue weighted by Crippen LogP contribution is -2.02. The second-order valence-corrected chi connectivity index (χ2v) is 2.62. The van der Waals surface area contributed by atoms with Gasteiger partial charge in [0.05, 0.1) is 12.7 Å². The molecule has 0 amide bonds. The van der Waals surface area contributed by atoms with Crippen molar-refractivity contribution < 1.29 is 14.3 Å². The van der Waals surface area contributed by atoms with E-state index in [1.807, 2.05) is 6.07 Å². The predicted molar refractivity (Wildman–Crippen MR) is 51.4 cm³/mol. The molecule has 0 spiro atoms. The van der Waals surface area contributed by atoms with E-state index >= 15 is 0 Å². The van der Waals surface area contributed by atoms with Crippen LogP contribution in [0.1, 0.15) is 15.9 Å². The van der Waals surface area contributed by atoms with Crippen molar-refractivity contribution >= 4 is 12.4 Å². The van der Waals surface area contributed by atoms with E-state index in [9.17, 15) is 4.79 Å². The molecule has 0 saturated carbocycles. The number of benzene rings is 1. The van der Waals surface area contributed by atoms with Gasteiger partial charge in [-0.25, -0.2) is 4.79 Å². The SMILES string of the molecule is COC(=O)c1cccc(COC=N)c1. The van der Waals surface area contributed by atoms with Crippen LogP contribution in [0, 0.1) is 5.41 Å². The molecule has 14 heavy (non-hydrogen) atoms. The van der Waals surface area contributed by atoms with Crippen molar-refractivity contribution in [3.8, 4) is 0 Å². The molecule has 0 bridgehead atoms. The van der Waals surface area contributed by atoms with Crippen LogP contribution in [-0.2, 0) is 16.1 Å². The quantitative estimate of drug-likeness (QED) is 0.449. The Hall–Kier alpha value is -1.84. The summed E-state index contributed by atoms with van der Waals surface area (Å²) in [5.74, 6) is -0.373. The van der Waals surface area contributed by atoms with Crippen LogP contribution >= 0.6 is 0 Å². The van der Waals surface area contributed by atoms with Crippen LogP contribution in [0.4, 0.5) is 0 Å². The van der Waals surface area contributed by atoms with E-state index in [4.69, 9.17) is 10.1 Å². The lowest BCUT2D eigenvalue weighted by Gasteiger charge is -2.02. The molecular formula is C10H11NO3. The van der Waals surface area contributed by atoms with Gasteiger partial charge in [-0.3, -0.25) is 5.41 Å². The molecule has 4 heteroatoms. The van der Waals surface area contributed by atoms with Gasteiger partial charge in [-0.05, 0) is 17.7 Å². The zero-order valence-electron chi connectivity index (χ0n) is 7.82. The fourth-order valence-corrected chi connectivity index (χ4v) is 1.04. The summed E-state index contributed by atoms with van der Waals surface area (Å²) < 4.78 is 9.35. The summed E-state index contributed by atoms with van der Waals surface area (Å²) in [5.41, 5.74) is 1.31. The monoisotopic (exact) mass is 193 g/mol. The molecule has 74 valence electrons. The number of nitrogens with one attached hydrogen (secondary N) is 1. The van der Waals surface area contributed by atoms with Gasteiger partial charge in [0.25, 0.3) is 0 Å². The summed E-state index contributed by atoms with van der Waals surface area (Å²) in [5, 5.41) is 6.69. The Morgan fingerprint density at radius 1 is 1.57 bits per heavy atom. The van der Waals surface area contributed by atoms with Gasteiger partial charge in [-0.2, -0.15) is 0 Å². The average Bonchev–Trinajstić information content (AvgIpc) is 2.25. The lowest BCUT2D eigenvalue weighted by atomic mass is 10.1. The van der Waals surface area contributed by atoms with Crippen molar-refractivity contribution in [1.82, 2.24) is 0 Å². The maximum absolute atomic E-state index is 11.1. The van der Waals surface area contributed by atoms with Gasteiger partial charge in [0.2, 0.25) is 0 Å². The van der Waals surface area contributed by atoms with E-state index in [2.05, 4.69) is 4.74 Å². The van der Waals surface area contributed by atoms with Crippen LogP contribution in [0.3, 0.4) is 0 Å². The van der Waals surface area contributed by atoms with Gasteiger partial charge < -0.3 is 9.47 Å². The van der Waals surface area contributed by atoms with Gasteiger partial charge in [0, 0.05) is 0 Å². The maximum atomic E-state index is 11.1. The zero-order valence-corrected chi connectivity index (χ0v) is 7.82. The summed E-state index contributed by atoms with van der Waals surface area (Å²) in [6.07, 6.45) is 0.866. The van der Waals surface area contributed by atoms with Crippen LogP contribution in [0.5, 0.6) is 0 Å². The molecule has 0 aromatic heterocycles. The Morgan fingerprint density at radius 2 is 2.36 bits per heavy atom. The largest absolute Gasteiger partial charge is 0.479 e. The summed E-state index contributed by atoms with van der Waals surface area (Å²) in [7, 11) is 1.34. The van der Waals surface area contributed by atoms with Crippen molar-refractivity contribution in [2.75, 3.05) is 7.11 Å². The highest BCUT2D eigenvalue weighted by Crippen LogP contribution is 2.07. The summed E-state index contributed by atoms with van der Waals surface area (Å²) >= 11 is 0. The Bertz CT molecular complexity index is 336. The average molecular weight is 193 g/mol. The number of hydrogen-bond donors (Lipinski definition) is 1. The van der Waals surface area contributed by atoms with E-state index in [0.717, 1.165) is 12.0 Å². The number of methoxy groups -OCH3 is 1. The summed E-state index contributed by atoms with van der Waals surface area (Å²) in [4.78, 5) is 11.1. The third-order valence-corrected chi connectivity index (χ3v) is 1.68. The van der Waals surface area contributed by atoms with Gasteiger partial charge in [0.15, 0.2) is 6.40 Å². The molecule has 0 aliphatic rings. The number of carbonyl (C=O) groups excluding carboxylic acids is 1. The zero-order chi connectivity index (χ0) is 10.4. The second kappa shape index (κ2) is 5.01. The minimum absolute atomic E-state index is 0.286. The molecule has 1 rings (SSSR count). The van der Waals surface area contributed by atoms with E-state index in [0.29, 0.717) is 5.56 Å². The first-order valence-corrected chi connectivity index (χ1v) is 4.05. The van der Waals surface area contributed by atoms with E-state index < -0.39 is 0 Å². The smallest absolute Gasteiger partial charge is 0.337 e. The van der Waals surface area contributed by atoms with Crippen molar-refractivity contribution in [2.45, 2.75) is 6.61 Å². The molecule has 0 aliphatic heterocycles. The summed E-state index contributed by atoms with van der Waals surface area (Å²) in [6.45, 7) is 0.286. The Balaban J connectivity index is 2.78. The Morgan fingerprint density at radius 3 is 3.00 bits per heavy atom. The minimum Gasteiger partial charge on any atom is -0.479 e. The number of esters is 1. The van der Waals surface area contributed by atoms with Crippen LogP contribution in [0.25, 0.3) is 0 Å². The molecule has 1 aromatic rings. The molecule has 0 atom stereocenters. The number of hydrogen-bond acceptors (Lipinski definition) is 4. The predicted octanol–water partition coefficient (Wildman–Crippen LogP) is 1.60. The molecule has 0 unspecified atom stereocenters. The molecule has 0 fully saturated rings. The number of rotatable bonds is 4. The number of ether oxygens (including phenoxy) is 2. The van der Waals surface area contributed by atoms with Crippen molar-refractivity contribution in [3.63, 3.8) is 0 Å². The molecule has 0 aliphatic carbocycles. The van der Waals surface area contributed by atoms with Gasteiger partial charge in [-0.1, -0.05) is 12.1 Å². The van der Waals surface area contributed by atoms with Crippen molar-refractivity contribution in [2.24, 2.45) is 0 Å². The van der Waals surface area contributed by atoms with Crippen LogP contribution in [0.2, 0.25) is 0 Å². The highest BCUT2D eigenvalue weighted by molar-refractivity contribution is 5.89. The third-order valence-electron chi connectivity index (χ3n) is 1.68. The van der Waals surface area contributed by atoms with E-state index in [1.54, 1.807) is 18.2 Å². The Kier molecular flexibility index (Phi) is 3.67. The first kappa shape index (κ1) is 10.2. The fraction of sp³-hybridized carbons (Fsp3) is 0.200. The molecule has 1 N–H and O–H groups in total. The number of carbonyl (C=O) groups is 1. The summed E-state index contributed by atoms with van der Waals surface area (Å²) in [6, 6.07) is 6.90. The molecular weight excluding hydrogens is 182 g/mol. The van der Waals surface area contributed by atoms with Crippen LogP contribution < -0.4 is 0 Å². The maximum Gasteiger partial charge on any atom is 0.337 e. The minimum atomic E-state index is -0.373. The first-order valence-electron chi connectivity index (χ1n) is 4.05. The molecule has 0 radical (unpaired) electrons. The lowest BCUT2D eigenvalue weighted by molar-refractivity contribution is 0.0600. The fourth-order valence-electron chi connectivity index (χ4n) is 1.04. The second-order valence-electron chi connectivity index (χ2n) is 2.62. The highest BCUT2D eigenvalue weighted by atomic mass is 16.5. The topological polar surface area (TPSA) is 59.4 Å².